The molecule has 14 nitrogen and oxygen atoms in total. The minimum absolute atomic E-state index is 0.0311. The Kier molecular flexibility index (Phi) is 7.10. The molecule has 4 rings (SSSR count). The zero-order chi connectivity index (χ0) is 24.9. The fourth-order valence-corrected chi connectivity index (χ4v) is 3.77. The number of anilines is 1. The summed E-state index contributed by atoms with van der Waals surface area (Å²) in [5, 5.41) is 29.5. The minimum atomic E-state index is -0.569. The van der Waals surface area contributed by atoms with Crippen LogP contribution in [0.25, 0.3) is 5.82 Å². The first-order valence-corrected chi connectivity index (χ1v) is 10.9. The Bertz CT molecular complexity index is 1190. The Labute approximate surface area is 200 Å². The predicted octanol–water partition coefficient (Wildman–Crippen LogP) is 0.951. The number of nitrogens with zero attached hydrogens (tertiary/aromatic N) is 7. The van der Waals surface area contributed by atoms with Crippen molar-refractivity contribution < 1.29 is 24.0 Å². The van der Waals surface area contributed by atoms with Crippen LogP contribution in [0.3, 0.4) is 0 Å². The van der Waals surface area contributed by atoms with Gasteiger partial charge < -0.3 is 20.3 Å². The van der Waals surface area contributed by atoms with Crippen LogP contribution in [0.15, 0.2) is 21.9 Å². The molecule has 3 aromatic rings. The van der Waals surface area contributed by atoms with Crippen LogP contribution in [-0.2, 0) is 6.54 Å². The van der Waals surface area contributed by atoms with Gasteiger partial charge in [-0.2, -0.15) is 9.78 Å². The second kappa shape index (κ2) is 10.4. The van der Waals surface area contributed by atoms with Crippen LogP contribution < -0.4 is 20.6 Å². The molecule has 186 valence electrons. The van der Waals surface area contributed by atoms with Crippen molar-refractivity contribution in [3.8, 4) is 23.1 Å². The number of phenolic OH excluding ortho intramolecular Hbond substituents is 1. The quantitative estimate of drug-likeness (QED) is 0.305. The van der Waals surface area contributed by atoms with Crippen molar-refractivity contribution >= 4 is 17.9 Å². The molecule has 0 aliphatic carbocycles. The van der Waals surface area contributed by atoms with Crippen molar-refractivity contribution in [1.82, 2.24) is 35.6 Å². The molecule has 35 heavy (non-hydrogen) atoms. The van der Waals surface area contributed by atoms with Gasteiger partial charge in [0.05, 0.1) is 26.1 Å². The predicted molar refractivity (Wildman–Crippen MR) is 124 cm³/mol. The van der Waals surface area contributed by atoms with Gasteiger partial charge >= 0.3 is 0 Å². The number of carbonyl (C=O) groups excluding carboxylic acids is 1. The average Bonchev–Trinajstić information content (AvgIpc) is 3.46. The molecule has 1 saturated heterocycles. The number of hydrazone groups is 1. The van der Waals surface area contributed by atoms with E-state index < -0.39 is 5.91 Å². The lowest BCUT2D eigenvalue weighted by molar-refractivity contribution is 0.0947. The molecule has 1 aromatic carbocycles. The number of nitrogens with one attached hydrogen (secondary N) is 1. The number of rotatable bonds is 8. The largest absolute Gasteiger partial charge is 0.502 e. The Morgan fingerprint density at radius 1 is 1.29 bits per heavy atom. The molecule has 1 amide bonds. The first kappa shape index (κ1) is 23.9. The maximum absolute atomic E-state index is 13.0. The van der Waals surface area contributed by atoms with Crippen molar-refractivity contribution in [2.45, 2.75) is 26.3 Å². The van der Waals surface area contributed by atoms with E-state index in [9.17, 15) is 9.90 Å². The number of methoxy groups -OCH3 is 2. The molecule has 14 heteroatoms. The molecule has 1 aliphatic rings. The maximum Gasteiger partial charge on any atom is 0.293 e. The lowest BCUT2D eigenvalue weighted by Crippen LogP contribution is -2.34. The lowest BCUT2D eigenvalue weighted by Gasteiger charge is -2.30. The summed E-state index contributed by atoms with van der Waals surface area (Å²) >= 11 is 0. The van der Waals surface area contributed by atoms with Crippen LogP contribution in [0.2, 0.25) is 0 Å². The molecule has 2 aromatic heterocycles. The number of nitrogens with two attached hydrogens (primary N) is 1. The normalized spacial score (nSPS) is 14.9. The van der Waals surface area contributed by atoms with E-state index in [1.54, 1.807) is 12.1 Å². The van der Waals surface area contributed by atoms with Gasteiger partial charge in [0.1, 0.15) is 0 Å². The number of aromatic hydroxyl groups is 1. The van der Waals surface area contributed by atoms with Crippen LogP contribution in [0.4, 0.5) is 5.82 Å². The second-order valence-electron chi connectivity index (χ2n) is 8.20. The van der Waals surface area contributed by atoms with Gasteiger partial charge in [0.25, 0.3) is 5.91 Å². The fourth-order valence-electron chi connectivity index (χ4n) is 3.77. The second-order valence-corrected chi connectivity index (χ2v) is 8.20. The monoisotopic (exact) mass is 485 g/mol. The van der Waals surface area contributed by atoms with Gasteiger partial charge in [0.2, 0.25) is 17.4 Å². The zero-order valence-electron chi connectivity index (χ0n) is 19.6. The van der Waals surface area contributed by atoms with E-state index in [0.717, 1.165) is 25.9 Å². The zero-order valence-corrected chi connectivity index (χ0v) is 19.6. The molecule has 0 atom stereocenters. The van der Waals surface area contributed by atoms with Crippen molar-refractivity contribution in [3.63, 3.8) is 0 Å². The lowest BCUT2D eigenvalue weighted by atomic mass is 9.99. The van der Waals surface area contributed by atoms with Gasteiger partial charge in [-0.25, -0.2) is 10.1 Å². The minimum Gasteiger partial charge on any atom is -0.502 e. The average molecular weight is 486 g/mol. The third-order valence-corrected chi connectivity index (χ3v) is 5.81. The van der Waals surface area contributed by atoms with Crippen LogP contribution in [0.5, 0.6) is 17.2 Å². The first-order chi connectivity index (χ1) is 16.9. The third-order valence-electron chi connectivity index (χ3n) is 5.81. The molecule has 3 heterocycles. The molecule has 0 saturated carbocycles. The number of hydrogen-bond donors (Lipinski definition) is 3. The summed E-state index contributed by atoms with van der Waals surface area (Å²) in [4.78, 5) is 15.2. The Hall–Kier alpha value is -4.20. The van der Waals surface area contributed by atoms with E-state index in [0.29, 0.717) is 23.7 Å². The summed E-state index contributed by atoms with van der Waals surface area (Å²) < 4.78 is 16.3. The highest BCUT2D eigenvalue weighted by Gasteiger charge is 2.26. The smallest absolute Gasteiger partial charge is 0.293 e. The number of carbonyl (C=O) groups is 1. The Morgan fingerprint density at radius 3 is 2.57 bits per heavy atom. The number of benzene rings is 1. The molecular weight excluding hydrogens is 458 g/mol. The van der Waals surface area contributed by atoms with Crippen molar-refractivity contribution in [3.05, 3.63) is 29.1 Å². The molecule has 0 bridgehead atoms. The highest BCUT2D eigenvalue weighted by Crippen LogP contribution is 2.36. The van der Waals surface area contributed by atoms with Crippen LogP contribution in [0, 0.1) is 5.92 Å². The first-order valence-electron chi connectivity index (χ1n) is 10.9. The number of likely N-dealkylation sites (tertiary alicyclic amines) is 1. The maximum atomic E-state index is 13.0. The summed E-state index contributed by atoms with van der Waals surface area (Å²) in [6, 6.07) is 3.10. The highest BCUT2D eigenvalue weighted by atomic mass is 16.6. The molecule has 0 radical (unpaired) electrons. The van der Waals surface area contributed by atoms with E-state index >= 15 is 0 Å². The fraction of sp³-hybridized carbons (Fsp3) is 0.429. The van der Waals surface area contributed by atoms with Gasteiger partial charge in [-0.1, -0.05) is 12.1 Å². The number of aromatic nitrogens is 5. The number of piperidine rings is 1. The number of amides is 1. The van der Waals surface area contributed by atoms with Gasteiger partial charge in [-0.05, 0) is 54.3 Å². The molecule has 4 N–H and O–H groups in total. The summed E-state index contributed by atoms with van der Waals surface area (Å²) in [6.45, 7) is 4.39. The summed E-state index contributed by atoms with van der Waals surface area (Å²) in [5.41, 5.74) is 9.40. The third kappa shape index (κ3) is 5.16. The van der Waals surface area contributed by atoms with E-state index in [1.807, 2.05) is 0 Å². The van der Waals surface area contributed by atoms with Crippen molar-refractivity contribution in [1.29, 1.82) is 0 Å². The van der Waals surface area contributed by atoms with Gasteiger partial charge in [-0.3, -0.25) is 9.69 Å². The van der Waals surface area contributed by atoms with Gasteiger partial charge in [0, 0.05) is 12.1 Å². The van der Waals surface area contributed by atoms with Crippen LogP contribution >= 0.6 is 0 Å². The molecule has 1 aliphatic heterocycles. The van der Waals surface area contributed by atoms with Crippen molar-refractivity contribution in [2.24, 2.45) is 11.0 Å². The topological polar surface area (TPSA) is 179 Å². The molecule has 1 fully saturated rings. The SMILES string of the molecule is COc1cc(/C=N/NC(=O)c2nnn(-c3nonc3N)c2CN2CCC(C)CC2)cc(OC)c1O. The Balaban J connectivity index is 1.56. The summed E-state index contributed by atoms with van der Waals surface area (Å²) in [7, 11) is 2.84. The van der Waals surface area contributed by atoms with E-state index in [2.05, 4.69) is 43.0 Å². The summed E-state index contributed by atoms with van der Waals surface area (Å²) in [6.07, 6.45) is 3.50. The molecular formula is C21H27N9O5. The highest BCUT2D eigenvalue weighted by molar-refractivity contribution is 5.94. The number of nitrogen functional groups attached to an aromatic ring is 1. The van der Waals surface area contributed by atoms with E-state index in [1.165, 1.54) is 25.1 Å². The van der Waals surface area contributed by atoms with Gasteiger partial charge in [0.15, 0.2) is 17.2 Å². The summed E-state index contributed by atoms with van der Waals surface area (Å²) in [5.74, 6) is 0.548. The molecule has 0 unspecified atom stereocenters. The van der Waals surface area contributed by atoms with Crippen LogP contribution in [0.1, 0.15) is 41.5 Å². The van der Waals surface area contributed by atoms with E-state index in [-0.39, 0.29) is 34.6 Å². The Morgan fingerprint density at radius 2 is 1.97 bits per heavy atom. The number of phenols is 1. The van der Waals surface area contributed by atoms with Gasteiger partial charge in [-0.15, -0.1) is 5.10 Å². The molecule has 0 spiro atoms. The standard InChI is InChI=1S/C21H27N9O5/c1-12-4-6-29(7-5-12)11-14-17(24-28-30(14)20-19(22)26-35-27-20)21(32)25-23-10-13-8-15(33-2)18(31)16(9-13)34-3/h8-10,12,31H,4-7,11H2,1-3H3,(H2,22,26)(H,25,32)/b23-10+. The van der Waals surface area contributed by atoms with E-state index in [4.69, 9.17) is 19.8 Å². The van der Waals surface area contributed by atoms with Crippen LogP contribution in [-0.4, -0.2) is 74.7 Å². The van der Waals surface area contributed by atoms with Crippen molar-refractivity contribution in [2.75, 3.05) is 33.0 Å². The number of ether oxygens (including phenoxy) is 2. The number of hydrogen-bond acceptors (Lipinski definition) is 12.